The molecule has 0 aliphatic rings. The highest BCUT2D eigenvalue weighted by molar-refractivity contribution is 7.99. The summed E-state index contributed by atoms with van der Waals surface area (Å²) in [5.41, 5.74) is 2.17. The summed E-state index contributed by atoms with van der Waals surface area (Å²) in [5, 5.41) is 0.341. The lowest BCUT2D eigenvalue weighted by molar-refractivity contribution is -0.124. The van der Waals surface area contributed by atoms with Gasteiger partial charge in [-0.1, -0.05) is 20.8 Å². The predicted octanol–water partition coefficient (Wildman–Crippen LogP) is 1.14. The van der Waals surface area contributed by atoms with Crippen LogP contribution in [0.25, 0.3) is 0 Å². The number of carbonyl (C=O) groups is 1. The molecule has 0 saturated heterocycles. The van der Waals surface area contributed by atoms with Crippen LogP contribution >= 0.6 is 11.8 Å². The number of nitrogens with two attached hydrogens (primary N) is 1. The fraction of sp³-hybridized carbons (Fsp3) is 0.875. The van der Waals surface area contributed by atoms with Crippen molar-refractivity contribution >= 4 is 17.7 Å². The van der Waals surface area contributed by atoms with Gasteiger partial charge < -0.3 is 0 Å². The number of hydrogen-bond acceptors (Lipinski definition) is 3. The van der Waals surface area contributed by atoms with Crippen molar-refractivity contribution in [1.29, 1.82) is 0 Å². The minimum atomic E-state index is -0.0777. The smallest absolute Gasteiger partial charge is 0.237 e. The van der Waals surface area contributed by atoms with E-state index in [4.69, 9.17) is 5.84 Å². The lowest BCUT2D eigenvalue weighted by Gasteiger charge is -2.17. The van der Waals surface area contributed by atoms with Gasteiger partial charge in [0.05, 0.1) is 0 Å². The van der Waals surface area contributed by atoms with Crippen LogP contribution in [0.2, 0.25) is 0 Å². The maximum atomic E-state index is 11.1. The van der Waals surface area contributed by atoms with Gasteiger partial charge in [0.1, 0.15) is 0 Å². The van der Waals surface area contributed by atoms with E-state index in [0.29, 0.717) is 5.25 Å². The van der Waals surface area contributed by atoms with Gasteiger partial charge in [0.2, 0.25) is 5.91 Å². The third-order valence-corrected chi connectivity index (χ3v) is 3.42. The topological polar surface area (TPSA) is 55.1 Å². The van der Waals surface area contributed by atoms with E-state index in [-0.39, 0.29) is 11.8 Å². The average molecular weight is 190 g/mol. The molecule has 72 valence electrons. The monoisotopic (exact) mass is 190 g/mol. The van der Waals surface area contributed by atoms with Crippen LogP contribution in [-0.2, 0) is 4.79 Å². The van der Waals surface area contributed by atoms with Crippen LogP contribution in [0.15, 0.2) is 0 Å². The Kier molecular flexibility index (Phi) is 6.20. The van der Waals surface area contributed by atoms with Crippen molar-refractivity contribution < 1.29 is 4.79 Å². The van der Waals surface area contributed by atoms with Gasteiger partial charge in [0, 0.05) is 11.2 Å². The Morgan fingerprint density at radius 2 is 2.17 bits per heavy atom. The molecule has 3 N–H and O–H groups in total. The van der Waals surface area contributed by atoms with Crippen molar-refractivity contribution in [2.75, 3.05) is 5.75 Å². The van der Waals surface area contributed by atoms with E-state index in [1.807, 2.05) is 18.7 Å². The first-order valence-corrected chi connectivity index (χ1v) is 5.30. The van der Waals surface area contributed by atoms with Gasteiger partial charge in [-0.3, -0.25) is 10.2 Å². The van der Waals surface area contributed by atoms with Crippen LogP contribution in [0, 0.1) is 5.92 Å². The van der Waals surface area contributed by atoms with E-state index in [0.717, 1.165) is 12.2 Å². The maximum absolute atomic E-state index is 11.1. The lowest BCUT2D eigenvalue weighted by atomic mass is 10.1. The Balaban J connectivity index is 3.75. The first-order valence-electron chi connectivity index (χ1n) is 4.25. The normalized spacial score (nSPS) is 15.3. The first kappa shape index (κ1) is 11.8. The van der Waals surface area contributed by atoms with Crippen LogP contribution in [-0.4, -0.2) is 16.9 Å². The minimum Gasteiger partial charge on any atom is -0.294 e. The van der Waals surface area contributed by atoms with Crippen molar-refractivity contribution in [3.05, 3.63) is 0 Å². The summed E-state index contributed by atoms with van der Waals surface area (Å²) >= 11 is 1.81. The zero-order valence-corrected chi connectivity index (χ0v) is 8.78. The van der Waals surface area contributed by atoms with Crippen LogP contribution < -0.4 is 11.3 Å². The number of thioether (sulfide) groups is 1. The summed E-state index contributed by atoms with van der Waals surface area (Å²) in [7, 11) is 0. The number of hydrazine groups is 1. The Bertz CT molecular complexity index is 141. The molecule has 0 heterocycles. The number of hydrogen-bond donors (Lipinski definition) is 2. The quantitative estimate of drug-likeness (QED) is 0.388. The predicted molar refractivity (Wildman–Crippen MR) is 53.7 cm³/mol. The van der Waals surface area contributed by atoms with E-state index < -0.39 is 0 Å². The molecule has 0 aromatic heterocycles. The molecule has 0 radical (unpaired) electrons. The summed E-state index contributed by atoms with van der Waals surface area (Å²) in [6.07, 6.45) is 1.14. The Labute approximate surface area is 78.4 Å². The second-order valence-electron chi connectivity index (χ2n) is 2.87. The lowest BCUT2D eigenvalue weighted by Crippen LogP contribution is -2.38. The Morgan fingerprint density at radius 1 is 1.58 bits per heavy atom. The zero-order chi connectivity index (χ0) is 9.56. The van der Waals surface area contributed by atoms with Crippen molar-refractivity contribution in [1.82, 2.24) is 5.43 Å². The van der Waals surface area contributed by atoms with E-state index in [9.17, 15) is 4.79 Å². The molecule has 0 aliphatic carbocycles. The summed E-state index contributed by atoms with van der Waals surface area (Å²) in [6.45, 7) is 6.09. The Hall–Kier alpha value is -0.220. The second kappa shape index (κ2) is 6.31. The van der Waals surface area contributed by atoms with Crippen LogP contribution in [0.4, 0.5) is 0 Å². The van der Waals surface area contributed by atoms with Gasteiger partial charge in [-0.05, 0) is 12.2 Å². The molecule has 0 bridgehead atoms. The molecular weight excluding hydrogens is 172 g/mol. The van der Waals surface area contributed by atoms with E-state index in [1.165, 1.54) is 0 Å². The van der Waals surface area contributed by atoms with Crippen LogP contribution in [0.5, 0.6) is 0 Å². The SMILES string of the molecule is CCCSC(C)C(C)C(=O)NN. The standard InChI is InChI=1S/C8H18N2OS/c1-4-5-12-7(3)6(2)8(11)10-9/h6-7H,4-5,9H2,1-3H3,(H,10,11). The maximum Gasteiger partial charge on any atom is 0.237 e. The molecule has 0 aliphatic heterocycles. The molecule has 1 amide bonds. The van der Waals surface area contributed by atoms with Gasteiger partial charge in [0.25, 0.3) is 0 Å². The molecule has 3 nitrogen and oxygen atoms in total. The number of rotatable bonds is 5. The molecule has 0 spiro atoms. The van der Waals surface area contributed by atoms with E-state index >= 15 is 0 Å². The van der Waals surface area contributed by atoms with Crippen molar-refractivity contribution in [2.24, 2.45) is 11.8 Å². The minimum absolute atomic E-state index is 0.00782. The molecular formula is C8H18N2OS. The highest BCUT2D eigenvalue weighted by Gasteiger charge is 2.18. The summed E-state index contributed by atoms with van der Waals surface area (Å²) in [5.74, 6) is 6.05. The zero-order valence-electron chi connectivity index (χ0n) is 7.96. The molecule has 0 aromatic carbocycles. The highest BCUT2D eigenvalue weighted by atomic mass is 32.2. The van der Waals surface area contributed by atoms with Crippen LogP contribution in [0.1, 0.15) is 27.2 Å². The van der Waals surface area contributed by atoms with Gasteiger partial charge in [-0.2, -0.15) is 11.8 Å². The third kappa shape index (κ3) is 3.97. The Morgan fingerprint density at radius 3 is 2.58 bits per heavy atom. The fourth-order valence-electron chi connectivity index (χ4n) is 0.793. The molecule has 2 atom stereocenters. The van der Waals surface area contributed by atoms with Gasteiger partial charge in [-0.15, -0.1) is 0 Å². The molecule has 0 saturated carbocycles. The summed E-state index contributed by atoms with van der Waals surface area (Å²) in [6, 6.07) is 0. The number of amides is 1. The first-order chi connectivity index (χ1) is 5.63. The molecule has 0 rings (SSSR count). The van der Waals surface area contributed by atoms with Gasteiger partial charge in [-0.25, -0.2) is 5.84 Å². The van der Waals surface area contributed by atoms with Crippen molar-refractivity contribution in [2.45, 2.75) is 32.4 Å². The summed E-state index contributed by atoms with van der Waals surface area (Å²) < 4.78 is 0. The molecule has 12 heavy (non-hydrogen) atoms. The second-order valence-corrected chi connectivity index (χ2v) is 4.36. The van der Waals surface area contributed by atoms with E-state index in [1.54, 1.807) is 0 Å². The van der Waals surface area contributed by atoms with Crippen LogP contribution in [0.3, 0.4) is 0 Å². The summed E-state index contributed by atoms with van der Waals surface area (Å²) in [4.78, 5) is 11.1. The third-order valence-electron chi connectivity index (χ3n) is 1.84. The van der Waals surface area contributed by atoms with Gasteiger partial charge >= 0.3 is 0 Å². The fourth-order valence-corrected chi connectivity index (χ4v) is 1.81. The van der Waals surface area contributed by atoms with E-state index in [2.05, 4.69) is 19.3 Å². The number of carbonyl (C=O) groups excluding carboxylic acids is 1. The highest BCUT2D eigenvalue weighted by Crippen LogP contribution is 2.19. The number of nitrogens with one attached hydrogen (secondary N) is 1. The van der Waals surface area contributed by atoms with Crippen molar-refractivity contribution in [3.63, 3.8) is 0 Å². The molecule has 2 unspecified atom stereocenters. The van der Waals surface area contributed by atoms with Gasteiger partial charge in [0.15, 0.2) is 0 Å². The van der Waals surface area contributed by atoms with Crippen molar-refractivity contribution in [3.8, 4) is 0 Å². The largest absolute Gasteiger partial charge is 0.294 e. The molecule has 0 aromatic rings. The molecule has 0 fully saturated rings. The average Bonchev–Trinajstić information content (AvgIpc) is 2.11. The molecule has 4 heteroatoms.